The van der Waals surface area contributed by atoms with E-state index in [2.05, 4.69) is 48.5 Å². The minimum atomic E-state index is 0.160. The van der Waals surface area contributed by atoms with Gasteiger partial charge < -0.3 is 0 Å². The average Bonchev–Trinajstić information content (AvgIpc) is 1.80. The second-order valence-electron chi connectivity index (χ2n) is 6.06. The maximum atomic E-state index is 5.55. The van der Waals surface area contributed by atoms with Crippen molar-refractivity contribution in [3.63, 3.8) is 0 Å². The van der Waals surface area contributed by atoms with E-state index in [0.717, 1.165) is 5.92 Å². The Labute approximate surface area is 89.1 Å². The fraction of sp³-hybridized carbons (Fsp3) is 0.917. The fourth-order valence-corrected chi connectivity index (χ4v) is 2.21. The van der Waals surface area contributed by atoms with Crippen LogP contribution in [0.2, 0.25) is 0 Å². The van der Waals surface area contributed by atoms with Crippen molar-refractivity contribution < 1.29 is 0 Å². The molecule has 1 heteroatoms. The first kappa shape index (κ1) is 13.1. The van der Waals surface area contributed by atoms with Gasteiger partial charge in [-0.15, -0.1) is 0 Å². The quantitative estimate of drug-likeness (QED) is 0.606. The van der Waals surface area contributed by atoms with Gasteiger partial charge in [0.2, 0.25) is 0 Å². The van der Waals surface area contributed by atoms with Crippen molar-refractivity contribution in [2.75, 3.05) is 0 Å². The van der Waals surface area contributed by atoms with Gasteiger partial charge in [0.25, 0.3) is 0 Å². The van der Waals surface area contributed by atoms with E-state index in [9.17, 15) is 0 Å². The molecule has 0 rings (SSSR count). The molecule has 0 saturated carbocycles. The van der Waals surface area contributed by atoms with Gasteiger partial charge in [0.15, 0.2) is 0 Å². The average molecular weight is 200 g/mol. The molecule has 0 aliphatic carbocycles. The summed E-state index contributed by atoms with van der Waals surface area (Å²) < 4.78 is 0. The van der Waals surface area contributed by atoms with Gasteiger partial charge in [-0.3, -0.25) is 0 Å². The zero-order valence-electron chi connectivity index (χ0n) is 10.2. The summed E-state index contributed by atoms with van der Waals surface area (Å²) in [6.45, 7) is 15.7. The molecule has 0 aliphatic rings. The summed E-state index contributed by atoms with van der Waals surface area (Å²) in [4.78, 5) is 1.20. The molecule has 0 aliphatic heterocycles. The van der Waals surface area contributed by atoms with E-state index in [1.165, 1.54) is 11.3 Å². The van der Waals surface area contributed by atoms with E-state index in [1.54, 1.807) is 0 Å². The van der Waals surface area contributed by atoms with Crippen molar-refractivity contribution in [2.45, 2.75) is 54.9 Å². The summed E-state index contributed by atoms with van der Waals surface area (Å²) >= 11 is 5.55. The molecular weight excluding hydrogens is 176 g/mol. The molecule has 0 saturated heterocycles. The molecule has 0 atom stereocenters. The van der Waals surface area contributed by atoms with Crippen molar-refractivity contribution in [1.82, 2.24) is 0 Å². The van der Waals surface area contributed by atoms with Crippen LogP contribution < -0.4 is 0 Å². The van der Waals surface area contributed by atoms with Gasteiger partial charge in [-0.05, 0) is 23.2 Å². The van der Waals surface area contributed by atoms with E-state index in [0.29, 0.717) is 0 Å². The molecule has 0 nitrogen and oxygen atoms in total. The highest BCUT2D eigenvalue weighted by Crippen LogP contribution is 2.35. The van der Waals surface area contributed by atoms with E-state index in [4.69, 9.17) is 12.2 Å². The number of thiocarbonyl (C=S) groups is 1. The molecule has 0 spiro atoms. The van der Waals surface area contributed by atoms with Crippen LogP contribution in [0.25, 0.3) is 0 Å². The van der Waals surface area contributed by atoms with Crippen LogP contribution >= 0.6 is 12.2 Å². The van der Waals surface area contributed by atoms with Crippen LogP contribution in [-0.2, 0) is 0 Å². The summed E-state index contributed by atoms with van der Waals surface area (Å²) in [7, 11) is 0. The van der Waals surface area contributed by atoms with Crippen molar-refractivity contribution in [2.24, 2.45) is 16.7 Å². The second kappa shape index (κ2) is 4.08. The Bertz CT molecular complexity index is 182. The standard InChI is InChI=1S/C12H24S/c1-9(2)8-12(6,7)10(13)11(3,4)5/h9H,8H2,1-7H3. The summed E-state index contributed by atoms with van der Waals surface area (Å²) in [6, 6.07) is 0. The van der Waals surface area contributed by atoms with Crippen molar-refractivity contribution in [1.29, 1.82) is 0 Å². The van der Waals surface area contributed by atoms with Gasteiger partial charge in [-0.1, -0.05) is 60.7 Å². The number of hydrogen-bond acceptors (Lipinski definition) is 1. The van der Waals surface area contributed by atoms with E-state index >= 15 is 0 Å². The first-order valence-electron chi connectivity index (χ1n) is 5.12. The summed E-state index contributed by atoms with van der Waals surface area (Å²) in [6.07, 6.45) is 1.18. The third-order valence-electron chi connectivity index (χ3n) is 2.21. The Morgan fingerprint density at radius 2 is 1.46 bits per heavy atom. The molecule has 0 unspecified atom stereocenters. The minimum Gasteiger partial charge on any atom is -0.0885 e. The lowest BCUT2D eigenvalue weighted by molar-refractivity contribution is 0.370. The Morgan fingerprint density at radius 1 is 1.08 bits per heavy atom. The molecule has 78 valence electrons. The topological polar surface area (TPSA) is 0 Å². The lowest BCUT2D eigenvalue weighted by Crippen LogP contribution is -2.34. The van der Waals surface area contributed by atoms with Crippen molar-refractivity contribution in [3.8, 4) is 0 Å². The molecule has 13 heavy (non-hydrogen) atoms. The van der Waals surface area contributed by atoms with Crippen LogP contribution in [0.1, 0.15) is 54.9 Å². The number of rotatable bonds is 3. The van der Waals surface area contributed by atoms with Crippen LogP contribution in [0, 0.1) is 16.7 Å². The molecule has 0 amide bonds. The highest BCUT2D eigenvalue weighted by Gasteiger charge is 2.32. The normalized spacial score (nSPS) is 13.5. The lowest BCUT2D eigenvalue weighted by Gasteiger charge is -2.35. The summed E-state index contributed by atoms with van der Waals surface area (Å²) in [5.74, 6) is 0.718. The largest absolute Gasteiger partial charge is 0.0885 e. The monoisotopic (exact) mass is 200 g/mol. The first-order valence-corrected chi connectivity index (χ1v) is 5.53. The molecule has 0 fully saturated rings. The van der Waals surface area contributed by atoms with Gasteiger partial charge in [0.05, 0.1) is 0 Å². The van der Waals surface area contributed by atoms with Crippen LogP contribution in [0.4, 0.5) is 0 Å². The Hall–Kier alpha value is 0.0900. The van der Waals surface area contributed by atoms with Crippen molar-refractivity contribution >= 4 is 17.1 Å². The molecule has 0 radical (unpaired) electrons. The SMILES string of the molecule is CC(C)CC(C)(C)C(=S)C(C)(C)C. The van der Waals surface area contributed by atoms with E-state index in [1.807, 2.05) is 0 Å². The highest BCUT2D eigenvalue weighted by molar-refractivity contribution is 7.80. The van der Waals surface area contributed by atoms with Gasteiger partial charge in [0.1, 0.15) is 0 Å². The zero-order chi connectivity index (χ0) is 10.9. The van der Waals surface area contributed by atoms with Gasteiger partial charge in [-0.25, -0.2) is 0 Å². The first-order chi connectivity index (χ1) is 5.57. The summed E-state index contributed by atoms with van der Waals surface area (Å²) in [5, 5.41) is 0. The van der Waals surface area contributed by atoms with Gasteiger partial charge in [-0.2, -0.15) is 0 Å². The highest BCUT2D eigenvalue weighted by atomic mass is 32.1. The Morgan fingerprint density at radius 3 is 1.69 bits per heavy atom. The van der Waals surface area contributed by atoms with Gasteiger partial charge >= 0.3 is 0 Å². The van der Waals surface area contributed by atoms with Crippen LogP contribution in [0.5, 0.6) is 0 Å². The predicted octanol–water partition coefficient (Wildman–Crippen LogP) is 4.47. The maximum absolute atomic E-state index is 5.55. The molecule has 0 aromatic rings. The van der Waals surface area contributed by atoms with Crippen LogP contribution in [-0.4, -0.2) is 4.86 Å². The molecule has 0 heterocycles. The molecular formula is C12H24S. The predicted molar refractivity (Wildman–Crippen MR) is 65.3 cm³/mol. The number of hydrogen-bond donors (Lipinski definition) is 0. The Kier molecular flexibility index (Phi) is 4.11. The van der Waals surface area contributed by atoms with Crippen LogP contribution in [0.3, 0.4) is 0 Å². The second-order valence-corrected chi connectivity index (χ2v) is 6.47. The molecule has 0 aromatic carbocycles. The third-order valence-corrected chi connectivity index (χ3v) is 3.38. The molecule has 0 aromatic heterocycles. The Balaban J connectivity index is 4.55. The van der Waals surface area contributed by atoms with E-state index < -0.39 is 0 Å². The zero-order valence-corrected chi connectivity index (χ0v) is 11.0. The maximum Gasteiger partial charge on any atom is 0.00383 e. The van der Waals surface area contributed by atoms with Crippen molar-refractivity contribution in [3.05, 3.63) is 0 Å². The fourth-order valence-electron chi connectivity index (χ4n) is 2.13. The molecule has 0 N–H and O–H groups in total. The third kappa shape index (κ3) is 4.21. The lowest BCUT2D eigenvalue weighted by atomic mass is 9.72. The molecule has 0 bridgehead atoms. The minimum absolute atomic E-state index is 0.160. The smallest absolute Gasteiger partial charge is 0.00383 e. The summed E-state index contributed by atoms with van der Waals surface area (Å²) in [5.41, 5.74) is 0.357. The van der Waals surface area contributed by atoms with Gasteiger partial charge in [0, 0.05) is 4.86 Å². The van der Waals surface area contributed by atoms with Crippen LogP contribution in [0.15, 0.2) is 0 Å². The van der Waals surface area contributed by atoms with E-state index in [-0.39, 0.29) is 10.8 Å².